The Morgan fingerprint density at radius 1 is 0.880 bits per heavy atom. The lowest BCUT2D eigenvalue weighted by Crippen LogP contribution is -2.23. The second kappa shape index (κ2) is 8.18. The maximum Gasteiger partial charge on any atom is 0.252 e. The summed E-state index contributed by atoms with van der Waals surface area (Å²) in [6.45, 7) is 0.480. The van der Waals surface area contributed by atoms with Crippen LogP contribution in [0.25, 0.3) is 0 Å². The number of nitrogens with zero attached hydrogens (tertiary/aromatic N) is 1. The van der Waals surface area contributed by atoms with Crippen LogP contribution in [0.3, 0.4) is 0 Å². The van der Waals surface area contributed by atoms with Gasteiger partial charge in [0.1, 0.15) is 6.07 Å². The van der Waals surface area contributed by atoms with Crippen molar-refractivity contribution in [3.8, 4) is 6.07 Å². The van der Waals surface area contributed by atoms with Gasteiger partial charge in [-0.25, -0.2) is 0 Å². The fraction of sp³-hybridized carbons (Fsp3) is 0.0476. The number of amides is 1. The van der Waals surface area contributed by atoms with E-state index in [9.17, 15) is 10.1 Å². The van der Waals surface area contributed by atoms with Crippen LogP contribution in [0.15, 0.2) is 88.7 Å². The van der Waals surface area contributed by atoms with Gasteiger partial charge in [0, 0.05) is 16.3 Å². The lowest BCUT2D eigenvalue weighted by molar-refractivity contribution is 0.0948. The van der Waals surface area contributed by atoms with Gasteiger partial charge in [-0.05, 0) is 29.8 Å². The molecule has 0 unspecified atom stereocenters. The van der Waals surface area contributed by atoms with Crippen molar-refractivity contribution in [1.82, 2.24) is 5.32 Å². The van der Waals surface area contributed by atoms with Crippen LogP contribution in [0.1, 0.15) is 21.5 Å². The van der Waals surface area contributed by atoms with Gasteiger partial charge in [-0.15, -0.1) is 0 Å². The second-order valence-electron chi connectivity index (χ2n) is 5.37. The summed E-state index contributed by atoms with van der Waals surface area (Å²) in [5.41, 5.74) is 2.26. The summed E-state index contributed by atoms with van der Waals surface area (Å²) in [4.78, 5) is 14.3. The smallest absolute Gasteiger partial charge is 0.252 e. The summed E-state index contributed by atoms with van der Waals surface area (Å²) in [6.07, 6.45) is 0. The van der Waals surface area contributed by atoms with Gasteiger partial charge >= 0.3 is 0 Å². The van der Waals surface area contributed by atoms with Crippen molar-refractivity contribution in [2.24, 2.45) is 0 Å². The first-order chi connectivity index (χ1) is 12.3. The summed E-state index contributed by atoms with van der Waals surface area (Å²) in [7, 11) is 0. The molecule has 1 amide bonds. The Hall–Kier alpha value is -3.03. The van der Waals surface area contributed by atoms with Gasteiger partial charge in [0.05, 0.1) is 11.1 Å². The molecule has 0 aromatic heterocycles. The van der Waals surface area contributed by atoms with Gasteiger partial charge in [-0.1, -0.05) is 66.4 Å². The number of nitriles is 1. The first kappa shape index (κ1) is 16.8. The Labute approximate surface area is 151 Å². The SMILES string of the molecule is N#Cc1ccccc1Sc1ccccc1C(=O)NCc1ccccc1. The zero-order valence-corrected chi connectivity index (χ0v) is 14.3. The van der Waals surface area contributed by atoms with Crippen LogP contribution < -0.4 is 5.32 Å². The van der Waals surface area contributed by atoms with Crippen LogP contribution in [0, 0.1) is 11.3 Å². The van der Waals surface area contributed by atoms with E-state index in [1.165, 1.54) is 11.8 Å². The van der Waals surface area contributed by atoms with Gasteiger partial charge in [0.2, 0.25) is 0 Å². The molecule has 0 fully saturated rings. The van der Waals surface area contributed by atoms with Crippen LogP contribution in [-0.2, 0) is 6.54 Å². The minimum atomic E-state index is -0.124. The first-order valence-corrected chi connectivity index (χ1v) is 8.67. The van der Waals surface area contributed by atoms with Gasteiger partial charge < -0.3 is 5.32 Å². The van der Waals surface area contributed by atoms with Crippen molar-refractivity contribution in [2.45, 2.75) is 16.3 Å². The highest BCUT2D eigenvalue weighted by atomic mass is 32.2. The number of hydrogen-bond acceptors (Lipinski definition) is 3. The number of hydrogen-bond donors (Lipinski definition) is 1. The summed E-state index contributed by atoms with van der Waals surface area (Å²) in [5.74, 6) is -0.124. The third-order valence-corrected chi connectivity index (χ3v) is 4.81. The predicted molar refractivity (Wildman–Crippen MR) is 99.3 cm³/mol. The summed E-state index contributed by atoms with van der Waals surface area (Å²) in [5, 5.41) is 12.2. The molecule has 0 radical (unpaired) electrons. The standard InChI is InChI=1S/C21H16N2OS/c22-14-17-10-4-6-12-19(17)25-20-13-7-5-11-18(20)21(24)23-15-16-8-2-1-3-9-16/h1-13H,15H2,(H,23,24). The third kappa shape index (κ3) is 4.28. The molecule has 0 spiro atoms. The molecule has 3 rings (SSSR count). The quantitative estimate of drug-likeness (QED) is 0.733. The van der Waals surface area contributed by atoms with E-state index in [0.29, 0.717) is 17.7 Å². The second-order valence-corrected chi connectivity index (χ2v) is 6.46. The van der Waals surface area contributed by atoms with Crippen LogP contribution in [0.5, 0.6) is 0 Å². The molecule has 25 heavy (non-hydrogen) atoms. The van der Waals surface area contributed by atoms with E-state index in [4.69, 9.17) is 0 Å². The van der Waals surface area contributed by atoms with Gasteiger partial charge in [0.25, 0.3) is 5.91 Å². The highest BCUT2D eigenvalue weighted by molar-refractivity contribution is 7.99. The van der Waals surface area contributed by atoms with E-state index in [1.54, 1.807) is 12.1 Å². The number of nitrogens with one attached hydrogen (secondary N) is 1. The molecule has 0 aliphatic carbocycles. The van der Waals surface area contributed by atoms with Crippen molar-refractivity contribution in [2.75, 3.05) is 0 Å². The van der Waals surface area contributed by atoms with E-state index in [2.05, 4.69) is 11.4 Å². The molecule has 0 atom stereocenters. The maximum atomic E-state index is 12.6. The molecule has 1 N–H and O–H groups in total. The van der Waals surface area contributed by atoms with Crippen LogP contribution >= 0.6 is 11.8 Å². The maximum absolute atomic E-state index is 12.6. The fourth-order valence-electron chi connectivity index (χ4n) is 2.38. The molecule has 0 heterocycles. The molecule has 3 aromatic carbocycles. The molecule has 0 bridgehead atoms. The van der Waals surface area contributed by atoms with Gasteiger partial charge in [0.15, 0.2) is 0 Å². The average molecular weight is 344 g/mol. The Kier molecular flexibility index (Phi) is 5.50. The van der Waals surface area contributed by atoms with Crippen molar-refractivity contribution >= 4 is 17.7 Å². The predicted octanol–water partition coefficient (Wildman–Crippen LogP) is 4.64. The Balaban J connectivity index is 1.79. The Morgan fingerprint density at radius 3 is 2.28 bits per heavy atom. The molecular weight excluding hydrogens is 328 g/mol. The molecular formula is C21H16N2OS. The molecule has 0 aliphatic heterocycles. The van der Waals surface area contributed by atoms with Gasteiger partial charge in [-0.3, -0.25) is 4.79 Å². The highest BCUT2D eigenvalue weighted by Gasteiger charge is 2.13. The zero-order chi connectivity index (χ0) is 17.5. The number of benzene rings is 3. The zero-order valence-electron chi connectivity index (χ0n) is 13.5. The summed E-state index contributed by atoms with van der Waals surface area (Å²) in [6, 6.07) is 26.8. The van der Waals surface area contributed by atoms with E-state index in [1.807, 2.05) is 66.7 Å². The van der Waals surface area contributed by atoms with Crippen LogP contribution in [0.2, 0.25) is 0 Å². The summed E-state index contributed by atoms with van der Waals surface area (Å²) < 4.78 is 0. The molecule has 0 saturated heterocycles. The van der Waals surface area contributed by atoms with Crippen molar-refractivity contribution in [1.29, 1.82) is 5.26 Å². The highest BCUT2D eigenvalue weighted by Crippen LogP contribution is 2.32. The molecule has 4 heteroatoms. The van der Waals surface area contributed by atoms with E-state index >= 15 is 0 Å². The Morgan fingerprint density at radius 2 is 1.52 bits per heavy atom. The Bertz CT molecular complexity index is 916. The topological polar surface area (TPSA) is 52.9 Å². The fourth-order valence-corrected chi connectivity index (χ4v) is 3.41. The van der Waals surface area contributed by atoms with Crippen molar-refractivity contribution < 1.29 is 4.79 Å². The number of carbonyl (C=O) groups is 1. The van der Waals surface area contributed by atoms with Crippen LogP contribution in [-0.4, -0.2) is 5.91 Å². The normalized spacial score (nSPS) is 10.0. The molecule has 122 valence electrons. The monoisotopic (exact) mass is 344 g/mol. The lowest BCUT2D eigenvalue weighted by atomic mass is 10.2. The molecule has 0 saturated carbocycles. The summed E-state index contributed by atoms with van der Waals surface area (Å²) >= 11 is 1.43. The molecule has 3 aromatic rings. The lowest BCUT2D eigenvalue weighted by Gasteiger charge is -2.10. The van der Waals surface area contributed by atoms with Gasteiger partial charge in [-0.2, -0.15) is 5.26 Å². The van der Waals surface area contributed by atoms with E-state index in [0.717, 1.165) is 15.4 Å². The minimum absolute atomic E-state index is 0.124. The first-order valence-electron chi connectivity index (χ1n) is 7.86. The van der Waals surface area contributed by atoms with Crippen molar-refractivity contribution in [3.63, 3.8) is 0 Å². The number of carbonyl (C=O) groups excluding carboxylic acids is 1. The minimum Gasteiger partial charge on any atom is -0.348 e. The largest absolute Gasteiger partial charge is 0.348 e. The average Bonchev–Trinajstić information content (AvgIpc) is 2.68. The van der Waals surface area contributed by atoms with E-state index in [-0.39, 0.29) is 5.91 Å². The van der Waals surface area contributed by atoms with Crippen molar-refractivity contribution in [3.05, 3.63) is 95.6 Å². The van der Waals surface area contributed by atoms with E-state index < -0.39 is 0 Å². The molecule has 3 nitrogen and oxygen atoms in total. The third-order valence-electron chi connectivity index (χ3n) is 3.66. The van der Waals surface area contributed by atoms with Crippen LogP contribution in [0.4, 0.5) is 0 Å². The molecule has 0 aliphatic rings. The number of rotatable bonds is 5.